The Kier molecular flexibility index (Phi) is 7.88. The summed E-state index contributed by atoms with van der Waals surface area (Å²) < 4.78 is 38.6. The van der Waals surface area contributed by atoms with Gasteiger partial charge in [0.1, 0.15) is 0 Å². The lowest BCUT2D eigenvalue weighted by molar-refractivity contribution is -0.185. The molecule has 1 aliphatic rings. The first-order chi connectivity index (χ1) is 15.8. The SMILES string of the molecule is CC(C)(C)CC(=O)c1ccc(CNc2c(Cl)ccc3c2CCN(C(=O)C(F)(F)F)CC3)cc1Cl. The fraction of sp³-hybridized carbons (Fsp3) is 0.440. The molecule has 1 heterocycles. The summed E-state index contributed by atoms with van der Waals surface area (Å²) in [7, 11) is 0. The summed E-state index contributed by atoms with van der Waals surface area (Å²) in [6.45, 7) is 6.27. The summed E-state index contributed by atoms with van der Waals surface area (Å²) in [4.78, 5) is 25.1. The van der Waals surface area contributed by atoms with Crippen molar-refractivity contribution in [2.45, 2.75) is 52.8 Å². The lowest BCUT2D eigenvalue weighted by atomic mass is 9.87. The molecule has 0 aromatic heterocycles. The number of ketones is 1. The van der Waals surface area contributed by atoms with Crippen LogP contribution < -0.4 is 5.32 Å². The van der Waals surface area contributed by atoms with E-state index in [-0.39, 0.29) is 30.7 Å². The fourth-order valence-corrected chi connectivity index (χ4v) is 4.58. The van der Waals surface area contributed by atoms with E-state index in [1.807, 2.05) is 26.8 Å². The summed E-state index contributed by atoms with van der Waals surface area (Å²) in [5.74, 6) is -1.84. The largest absolute Gasteiger partial charge is 0.471 e. The van der Waals surface area contributed by atoms with Crippen LogP contribution in [0.15, 0.2) is 30.3 Å². The van der Waals surface area contributed by atoms with E-state index < -0.39 is 12.1 Å². The first-order valence-corrected chi connectivity index (χ1v) is 11.7. The molecule has 34 heavy (non-hydrogen) atoms. The molecule has 0 aliphatic carbocycles. The maximum atomic E-state index is 12.9. The summed E-state index contributed by atoms with van der Waals surface area (Å²) in [6.07, 6.45) is -3.96. The van der Waals surface area contributed by atoms with E-state index in [0.717, 1.165) is 21.6 Å². The van der Waals surface area contributed by atoms with Crippen LogP contribution in [0, 0.1) is 5.41 Å². The Morgan fingerprint density at radius 2 is 1.68 bits per heavy atom. The van der Waals surface area contributed by atoms with Crippen molar-refractivity contribution in [1.29, 1.82) is 0 Å². The van der Waals surface area contributed by atoms with Crippen molar-refractivity contribution in [3.8, 4) is 0 Å². The topological polar surface area (TPSA) is 49.4 Å². The Bertz CT molecular complexity index is 1090. The van der Waals surface area contributed by atoms with Crippen LogP contribution in [0.5, 0.6) is 0 Å². The van der Waals surface area contributed by atoms with Gasteiger partial charge in [0.2, 0.25) is 0 Å². The molecule has 0 unspecified atom stereocenters. The zero-order valence-electron chi connectivity index (χ0n) is 19.3. The van der Waals surface area contributed by atoms with Crippen LogP contribution in [0.2, 0.25) is 10.0 Å². The second kappa shape index (κ2) is 10.2. The van der Waals surface area contributed by atoms with Gasteiger partial charge in [0.05, 0.1) is 15.7 Å². The number of anilines is 1. The van der Waals surface area contributed by atoms with Gasteiger partial charge in [-0.1, -0.05) is 56.1 Å². The average molecular weight is 515 g/mol. The molecular formula is C25H27Cl2F3N2O2. The van der Waals surface area contributed by atoms with Crippen LogP contribution in [-0.2, 0) is 24.2 Å². The van der Waals surface area contributed by atoms with Gasteiger partial charge in [-0.25, -0.2) is 0 Å². The molecular weight excluding hydrogens is 488 g/mol. The number of hydrogen-bond acceptors (Lipinski definition) is 3. The second-order valence-corrected chi connectivity index (χ2v) is 10.5. The molecule has 0 saturated carbocycles. The molecule has 9 heteroatoms. The predicted octanol–water partition coefficient (Wildman–Crippen LogP) is 6.71. The van der Waals surface area contributed by atoms with Gasteiger partial charge >= 0.3 is 12.1 Å². The molecule has 0 bridgehead atoms. The standard InChI is InChI=1S/C25H27Cl2F3N2O2/c1-24(2,3)13-21(33)18-6-4-15(12-20(18)27)14-31-22-17-9-11-32(23(34)25(28,29)30)10-8-16(17)5-7-19(22)26/h4-7,12,31H,8-11,13-14H2,1-3H3. The van der Waals surface area contributed by atoms with Gasteiger partial charge < -0.3 is 10.2 Å². The third-order valence-electron chi connectivity index (χ3n) is 5.67. The number of nitrogens with one attached hydrogen (secondary N) is 1. The van der Waals surface area contributed by atoms with E-state index in [1.165, 1.54) is 0 Å². The highest BCUT2D eigenvalue weighted by molar-refractivity contribution is 6.34. The maximum absolute atomic E-state index is 12.9. The van der Waals surface area contributed by atoms with Gasteiger partial charge in [0, 0.05) is 31.6 Å². The van der Waals surface area contributed by atoms with E-state index in [9.17, 15) is 22.8 Å². The van der Waals surface area contributed by atoms with Crippen LogP contribution >= 0.6 is 23.2 Å². The molecule has 0 atom stereocenters. The molecule has 1 amide bonds. The summed E-state index contributed by atoms with van der Waals surface area (Å²) in [5.41, 5.74) is 3.43. The highest BCUT2D eigenvalue weighted by Gasteiger charge is 2.42. The normalized spacial score (nSPS) is 14.4. The molecule has 1 aliphatic heterocycles. The summed E-state index contributed by atoms with van der Waals surface area (Å²) >= 11 is 12.8. The first kappa shape index (κ1) is 26.4. The van der Waals surface area contributed by atoms with Crippen molar-refractivity contribution in [1.82, 2.24) is 4.90 Å². The number of nitrogens with zero attached hydrogens (tertiary/aromatic N) is 1. The van der Waals surface area contributed by atoms with Crippen LogP contribution in [0.1, 0.15) is 54.2 Å². The van der Waals surface area contributed by atoms with E-state index in [0.29, 0.717) is 40.7 Å². The Hall–Kier alpha value is -2.25. The highest BCUT2D eigenvalue weighted by atomic mass is 35.5. The van der Waals surface area contributed by atoms with Crippen LogP contribution in [0.3, 0.4) is 0 Å². The Labute approximate surface area is 207 Å². The van der Waals surface area contributed by atoms with Crippen molar-refractivity contribution in [2.24, 2.45) is 5.41 Å². The lowest BCUT2D eigenvalue weighted by Crippen LogP contribution is -2.42. The molecule has 0 spiro atoms. The number of benzene rings is 2. The number of carbonyl (C=O) groups excluding carboxylic acids is 2. The van der Waals surface area contributed by atoms with Gasteiger partial charge in [0.25, 0.3) is 0 Å². The number of hydrogen-bond donors (Lipinski definition) is 1. The van der Waals surface area contributed by atoms with E-state index >= 15 is 0 Å². The zero-order valence-corrected chi connectivity index (χ0v) is 20.8. The fourth-order valence-electron chi connectivity index (χ4n) is 4.03. The van der Waals surface area contributed by atoms with Crippen LogP contribution in [0.4, 0.5) is 18.9 Å². The number of halogens is 5. The van der Waals surface area contributed by atoms with Crippen molar-refractivity contribution in [2.75, 3.05) is 18.4 Å². The monoisotopic (exact) mass is 514 g/mol. The number of carbonyl (C=O) groups is 2. The summed E-state index contributed by atoms with van der Waals surface area (Å²) in [5, 5.41) is 4.08. The summed E-state index contributed by atoms with van der Waals surface area (Å²) in [6, 6.07) is 8.74. The number of amides is 1. The van der Waals surface area contributed by atoms with Crippen molar-refractivity contribution >= 4 is 40.6 Å². The van der Waals surface area contributed by atoms with E-state index in [1.54, 1.807) is 24.3 Å². The minimum Gasteiger partial charge on any atom is -0.380 e. The maximum Gasteiger partial charge on any atom is 0.471 e. The van der Waals surface area contributed by atoms with Gasteiger partial charge in [-0.15, -0.1) is 0 Å². The average Bonchev–Trinajstić information content (AvgIpc) is 2.93. The molecule has 184 valence electrons. The molecule has 2 aromatic carbocycles. The number of alkyl halides is 3. The smallest absolute Gasteiger partial charge is 0.380 e. The minimum absolute atomic E-state index is 0.00786. The molecule has 3 rings (SSSR count). The van der Waals surface area contributed by atoms with Gasteiger partial charge in [-0.2, -0.15) is 13.2 Å². The van der Waals surface area contributed by atoms with Gasteiger partial charge in [0.15, 0.2) is 5.78 Å². The second-order valence-electron chi connectivity index (χ2n) is 9.68. The highest BCUT2D eigenvalue weighted by Crippen LogP contribution is 2.33. The molecule has 2 aromatic rings. The van der Waals surface area contributed by atoms with Crippen LogP contribution in [-0.4, -0.2) is 35.9 Å². The number of rotatable bonds is 5. The first-order valence-electron chi connectivity index (χ1n) is 11.0. The lowest BCUT2D eigenvalue weighted by Gasteiger charge is -2.21. The third kappa shape index (κ3) is 6.45. The molecule has 0 saturated heterocycles. The molecule has 4 nitrogen and oxygen atoms in total. The van der Waals surface area contributed by atoms with Crippen LogP contribution in [0.25, 0.3) is 0 Å². The van der Waals surface area contributed by atoms with Crippen molar-refractivity contribution in [3.05, 3.63) is 62.6 Å². The Balaban J connectivity index is 1.75. The van der Waals surface area contributed by atoms with E-state index in [2.05, 4.69) is 5.32 Å². The minimum atomic E-state index is -4.89. The molecule has 1 N–H and O–H groups in total. The Morgan fingerprint density at radius 3 is 2.29 bits per heavy atom. The third-order valence-corrected chi connectivity index (χ3v) is 6.29. The number of Topliss-reactive ketones (excluding diaryl/α,β-unsaturated/α-hetero) is 1. The van der Waals surface area contributed by atoms with Crippen molar-refractivity contribution < 1.29 is 22.8 Å². The molecule has 0 radical (unpaired) electrons. The predicted molar refractivity (Wildman–Crippen MR) is 129 cm³/mol. The number of fused-ring (bicyclic) bond motifs is 1. The Morgan fingerprint density at radius 1 is 1.00 bits per heavy atom. The van der Waals surface area contributed by atoms with Gasteiger partial charge in [-0.3, -0.25) is 9.59 Å². The van der Waals surface area contributed by atoms with Crippen molar-refractivity contribution in [3.63, 3.8) is 0 Å². The molecule has 0 fully saturated rings. The van der Waals surface area contributed by atoms with E-state index in [4.69, 9.17) is 23.2 Å². The zero-order chi connectivity index (χ0) is 25.3. The van der Waals surface area contributed by atoms with Gasteiger partial charge in [-0.05, 0) is 53.1 Å². The quantitative estimate of drug-likeness (QED) is 0.450.